The summed E-state index contributed by atoms with van der Waals surface area (Å²) >= 11 is 0. The highest BCUT2D eigenvalue weighted by Gasteiger charge is 2.38. The molecule has 0 bridgehead atoms. The predicted octanol–water partition coefficient (Wildman–Crippen LogP) is 2.34. The monoisotopic (exact) mass is 595 g/mol. The van der Waals surface area contributed by atoms with E-state index in [4.69, 9.17) is 9.97 Å². The first-order chi connectivity index (χ1) is 21.5. The van der Waals surface area contributed by atoms with Crippen LogP contribution < -0.4 is 14.7 Å². The molecular formula is C34H45N9O. The smallest absolute Gasteiger partial charge is 0.246 e. The number of anilines is 3. The molecule has 1 aromatic carbocycles. The zero-order valence-electron chi connectivity index (χ0n) is 26.1. The van der Waals surface area contributed by atoms with Gasteiger partial charge in [-0.3, -0.25) is 9.69 Å². The third-order valence-electron chi connectivity index (χ3n) is 10.6. The number of carbonyl (C=O) groups is 1. The first-order valence-corrected chi connectivity index (χ1v) is 16.5. The lowest BCUT2D eigenvalue weighted by Crippen LogP contribution is -2.63. The third kappa shape index (κ3) is 5.52. The molecule has 7 rings (SSSR count). The number of hydrogen-bond donors (Lipinski definition) is 0. The van der Waals surface area contributed by atoms with Crippen molar-refractivity contribution in [2.45, 2.75) is 56.7 Å². The minimum atomic E-state index is -0.180. The first-order valence-electron chi connectivity index (χ1n) is 16.5. The van der Waals surface area contributed by atoms with Gasteiger partial charge in [-0.05, 0) is 50.4 Å². The number of aromatic nitrogens is 2. The van der Waals surface area contributed by atoms with E-state index in [0.29, 0.717) is 38.1 Å². The van der Waals surface area contributed by atoms with Gasteiger partial charge < -0.3 is 24.5 Å². The molecule has 5 heterocycles. The number of rotatable bonds is 6. The maximum atomic E-state index is 12.6. The van der Waals surface area contributed by atoms with E-state index in [1.165, 1.54) is 35.0 Å². The number of nitriles is 1. The second-order valence-corrected chi connectivity index (χ2v) is 13.2. The molecule has 0 radical (unpaired) electrons. The van der Waals surface area contributed by atoms with Crippen LogP contribution in [0.2, 0.25) is 0 Å². The zero-order chi connectivity index (χ0) is 30.2. The highest BCUT2D eigenvalue weighted by molar-refractivity contribution is 5.87. The van der Waals surface area contributed by atoms with E-state index in [1.807, 2.05) is 0 Å². The van der Waals surface area contributed by atoms with Gasteiger partial charge in [0.1, 0.15) is 5.82 Å². The van der Waals surface area contributed by atoms with Gasteiger partial charge in [0, 0.05) is 95.2 Å². The summed E-state index contributed by atoms with van der Waals surface area (Å²) in [6.45, 7) is 13.1. The van der Waals surface area contributed by atoms with Crippen LogP contribution in [0.25, 0.3) is 0 Å². The normalized spacial score (nSPS) is 24.7. The van der Waals surface area contributed by atoms with Crippen LogP contribution in [0, 0.1) is 11.3 Å². The van der Waals surface area contributed by atoms with Crippen molar-refractivity contribution in [1.29, 1.82) is 5.26 Å². The second kappa shape index (κ2) is 12.4. The number of hydrogen-bond acceptors (Lipinski definition) is 9. The van der Waals surface area contributed by atoms with Gasteiger partial charge in [0.15, 0.2) is 0 Å². The number of likely N-dealkylation sites (N-methyl/N-ethyl adjacent to an activating group) is 1. The van der Waals surface area contributed by atoms with E-state index in [1.54, 1.807) is 4.90 Å². The number of piperazine rings is 2. The molecule has 10 heteroatoms. The van der Waals surface area contributed by atoms with Crippen LogP contribution in [0.5, 0.6) is 0 Å². The second-order valence-electron chi connectivity index (χ2n) is 13.2. The van der Waals surface area contributed by atoms with Crippen molar-refractivity contribution in [1.82, 2.24) is 24.7 Å². The van der Waals surface area contributed by atoms with Crippen LogP contribution in [0.4, 0.5) is 17.5 Å². The topological polar surface area (TPSA) is 86.1 Å². The Morgan fingerprint density at radius 1 is 1.00 bits per heavy atom. The quantitative estimate of drug-likeness (QED) is 0.467. The number of fused-ring (bicyclic) bond motifs is 2. The highest BCUT2D eigenvalue weighted by Crippen LogP contribution is 2.37. The summed E-state index contributed by atoms with van der Waals surface area (Å²) in [6.07, 6.45) is 6.93. The number of para-hydroxylation sites is 1. The lowest BCUT2D eigenvalue weighted by molar-refractivity contribution is -0.128. The van der Waals surface area contributed by atoms with Gasteiger partial charge in [-0.1, -0.05) is 24.8 Å². The van der Waals surface area contributed by atoms with Crippen LogP contribution in [-0.4, -0.2) is 121 Å². The largest absolute Gasteiger partial charge is 0.368 e. The number of nitrogens with zero attached hydrogens (tertiary/aromatic N) is 9. The number of amides is 1. The minimum Gasteiger partial charge on any atom is -0.368 e. The van der Waals surface area contributed by atoms with E-state index in [2.05, 4.69) is 68.5 Å². The van der Waals surface area contributed by atoms with Gasteiger partial charge in [0.05, 0.1) is 24.2 Å². The zero-order valence-corrected chi connectivity index (χ0v) is 26.1. The Morgan fingerprint density at radius 2 is 1.82 bits per heavy atom. The van der Waals surface area contributed by atoms with E-state index < -0.39 is 0 Å². The Bertz CT molecular complexity index is 1420. The molecule has 0 spiro atoms. The van der Waals surface area contributed by atoms with Crippen molar-refractivity contribution in [3.05, 3.63) is 53.7 Å². The fourth-order valence-corrected chi connectivity index (χ4v) is 7.95. The van der Waals surface area contributed by atoms with Crippen molar-refractivity contribution in [3.8, 4) is 6.07 Å². The van der Waals surface area contributed by atoms with Crippen LogP contribution >= 0.6 is 0 Å². The molecule has 44 heavy (non-hydrogen) atoms. The number of carbonyl (C=O) groups excluding carboxylic acids is 1. The van der Waals surface area contributed by atoms with Crippen molar-refractivity contribution >= 4 is 23.4 Å². The van der Waals surface area contributed by atoms with Crippen LogP contribution in [0.1, 0.15) is 36.1 Å². The average Bonchev–Trinajstić information content (AvgIpc) is 3.04. The molecule has 3 saturated heterocycles. The molecule has 232 valence electrons. The summed E-state index contributed by atoms with van der Waals surface area (Å²) < 4.78 is 0. The summed E-state index contributed by atoms with van der Waals surface area (Å²) in [7, 11) is 2.21. The molecule has 2 aromatic rings. The van der Waals surface area contributed by atoms with Crippen molar-refractivity contribution < 1.29 is 4.79 Å². The Morgan fingerprint density at radius 3 is 2.61 bits per heavy atom. The van der Waals surface area contributed by atoms with E-state index in [9.17, 15) is 10.1 Å². The number of aryl methyl sites for hydroxylation is 1. The van der Waals surface area contributed by atoms with Gasteiger partial charge in [0.2, 0.25) is 11.9 Å². The maximum Gasteiger partial charge on any atom is 0.246 e. The Kier molecular flexibility index (Phi) is 8.17. The van der Waals surface area contributed by atoms with Crippen LogP contribution in [-0.2, 0) is 24.1 Å². The molecule has 1 amide bonds. The fourth-order valence-electron chi connectivity index (χ4n) is 7.95. The summed E-state index contributed by atoms with van der Waals surface area (Å²) in [5.74, 6) is 1.75. The third-order valence-corrected chi connectivity index (χ3v) is 10.6. The molecule has 5 aliphatic rings. The molecule has 0 N–H and O–H groups in total. The molecule has 1 aromatic heterocycles. The van der Waals surface area contributed by atoms with Crippen molar-refractivity contribution in [2.24, 2.45) is 0 Å². The lowest BCUT2D eigenvalue weighted by atomic mass is 9.88. The molecule has 10 nitrogen and oxygen atoms in total. The van der Waals surface area contributed by atoms with E-state index in [-0.39, 0.29) is 11.9 Å². The Balaban J connectivity index is 1.17. The Labute approximate surface area is 261 Å². The van der Waals surface area contributed by atoms with E-state index >= 15 is 0 Å². The van der Waals surface area contributed by atoms with Crippen LogP contribution in [0.15, 0.2) is 36.9 Å². The summed E-state index contributed by atoms with van der Waals surface area (Å²) in [4.78, 5) is 37.3. The Hall–Kier alpha value is -3.68. The predicted molar refractivity (Wildman–Crippen MR) is 173 cm³/mol. The SMILES string of the molecule is C=CC(=O)N1CCN(c2nc(N3CC(N4CCN(C)CC4)C3)nc3c2CCC(N2CCCc4ccccc42)C3)C[C@@H]1CC#N. The van der Waals surface area contributed by atoms with Crippen LogP contribution in [0.3, 0.4) is 0 Å². The molecule has 2 atom stereocenters. The fraction of sp³-hybridized carbons (Fsp3) is 0.588. The van der Waals surface area contributed by atoms with Crippen molar-refractivity contribution in [3.63, 3.8) is 0 Å². The van der Waals surface area contributed by atoms with Gasteiger partial charge in [-0.2, -0.15) is 10.2 Å². The summed E-state index contributed by atoms with van der Waals surface area (Å²) in [5.41, 5.74) is 5.28. The molecule has 1 unspecified atom stereocenters. The van der Waals surface area contributed by atoms with Gasteiger partial charge in [-0.25, -0.2) is 4.98 Å². The molecule has 3 fully saturated rings. The average molecular weight is 596 g/mol. The van der Waals surface area contributed by atoms with Crippen molar-refractivity contribution in [2.75, 3.05) is 87.2 Å². The first kappa shape index (κ1) is 29.1. The molecule has 4 aliphatic heterocycles. The molecule has 1 aliphatic carbocycles. The number of benzene rings is 1. The minimum absolute atomic E-state index is 0.101. The van der Waals surface area contributed by atoms with Gasteiger partial charge in [-0.15, -0.1) is 0 Å². The van der Waals surface area contributed by atoms with E-state index in [0.717, 1.165) is 83.3 Å². The van der Waals surface area contributed by atoms with Gasteiger partial charge in [0.25, 0.3) is 0 Å². The maximum absolute atomic E-state index is 12.6. The standard InChI is InChI=1S/C34H45N9O/c1-3-32(44)43-20-19-40(22-27(43)12-13-35)33-29-11-10-26(42-14-6-8-25-7-4-5-9-31(25)42)21-30(29)36-34(37-33)41-23-28(24-41)39-17-15-38(2)16-18-39/h3-5,7,9,26-28H,1,6,8,10-12,14-24H2,2H3/t26?,27-/m0/s1. The summed E-state index contributed by atoms with van der Waals surface area (Å²) in [5, 5.41) is 9.59. The molecular weight excluding hydrogens is 550 g/mol. The van der Waals surface area contributed by atoms with Gasteiger partial charge >= 0.3 is 0 Å². The highest BCUT2D eigenvalue weighted by atomic mass is 16.2. The molecule has 0 saturated carbocycles. The summed E-state index contributed by atoms with van der Waals surface area (Å²) in [6, 6.07) is 12.0. The lowest BCUT2D eigenvalue weighted by Gasteiger charge is -2.48.